The quantitative estimate of drug-likeness (QED) is 0.714. The first-order chi connectivity index (χ1) is 7.72. The Bertz CT molecular complexity index is 309. The Labute approximate surface area is 100 Å². The summed E-state index contributed by atoms with van der Waals surface area (Å²) < 4.78 is 5.12. The fourth-order valence-electron chi connectivity index (χ4n) is 1.80. The van der Waals surface area contributed by atoms with E-state index >= 15 is 0 Å². The predicted octanol–water partition coefficient (Wildman–Crippen LogP) is 0.831. The van der Waals surface area contributed by atoms with Gasteiger partial charge in [0, 0.05) is 6.54 Å². The molecule has 17 heavy (non-hydrogen) atoms. The van der Waals surface area contributed by atoms with Gasteiger partial charge in [-0.3, -0.25) is 4.90 Å². The lowest BCUT2D eigenvalue weighted by Crippen LogP contribution is -2.56. The van der Waals surface area contributed by atoms with E-state index in [9.17, 15) is 14.7 Å². The van der Waals surface area contributed by atoms with E-state index in [4.69, 9.17) is 9.84 Å². The highest BCUT2D eigenvalue weighted by Crippen LogP contribution is 2.21. The zero-order valence-electron chi connectivity index (χ0n) is 10.3. The second kappa shape index (κ2) is 4.91. The minimum absolute atomic E-state index is 0.295. The van der Waals surface area contributed by atoms with Gasteiger partial charge in [0.25, 0.3) is 0 Å². The molecule has 0 aromatic heterocycles. The minimum Gasteiger partial charge on any atom is -0.480 e. The summed E-state index contributed by atoms with van der Waals surface area (Å²) in [4.78, 5) is 23.9. The van der Waals surface area contributed by atoms with Crippen molar-refractivity contribution in [3.8, 4) is 0 Å². The molecule has 2 N–H and O–H groups in total. The third-order valence-corrected chi connectivity index (χ3v) is 2.48. The Balaban J connectivity index is 2.79. The smallest absolute Gasteiger partial charge is 0.411 e. The number of hydrogen-bond donors (Lipinski definition) is 2. The number of amides is 1. The zero-order chi connectivity index (χ0) is 13.2. The van der Waals surface area contributed by atoms with E-state index in [-0.39, 0.29) is 0 Å². The second-order valence-electron chi connectivity index (χ2n) is 5.17. The summed E-state index contributed by atoms with van der Waals surface area (Å²) in [5.74, 6) is -1.21. The number of carbonyl (C=O) groups is 2. The van der Waals surface area contributed by atoms with Crippen LogP contribution in [-0.4, -0.2) is 51.5 Å². The Kier molecular flexibility index (Phi) is 3.98. The highest BCUT2D eigenvalue weighted by molar-refractivity contribution is 5.81. The molecule has 1 amide bonds. The van der Waals surface area contributed by atoms with E-state index in [0.29, 0.717) is 19.4 Å². The molecular formula is C11H19NO5. The number of aliphatic carboxylic acids is 1. The third kappa shape index (κ3) is 3.59. The van der Waals surface area contributed by atoms with Crippen molar-refractivity contribution in [2.24, 2.45) is 0 Å². The molecule has 0 unspecified atom stereocenters. The number of hydrogen-bond acceptors (Lipinski definition) is 4. The van der Waals surface area contributed by atoms with Gasteiger partial charge < -0.3 is 14.9 Å². The van der Waals surface area contributed by atoms with Crippen molar-refractivity contribution in [3.05, 3.63) is 0 Å². The maximum absolute atomic E-state index is 11.8. The molecule has 1 heterocycles. The second-order valence-corrected chi connectivity index (χ2v) is 5.17. The van der Waals surface area contributed by atoms with E-state index in [1.54, 1.807) is 20.8 Å². The van der Waals surface area contributed by atoms with E-state index in [2.05, 4.69) is 0 Å². The van der Waals surface area contributed by atoms with Crippen molar-refractivity contribution in [2.75, 3.05) is 6.54 Å². The van der Waals surface area contributed by atoms with Crippen LogP contribution in [0.25, 0.3) is 0 Å². The van der Waals surface area contributed by atoms with Crippen molar-refractivity contribution >= 4 is 12.1 Å². The minimum atomic E-state index is -1.21. The van der Waals surface area contributed by atoms with Gasteiger partial charge in [-0.2, -0.15) is 0 Å². The monoisotopic (exact) mass is 245 g/mol. The van der Waals surface area contributed by atoms with Crippen LogP contribution in [-0.2, 0) is 9.53 Å². The van der Waals surface area contributed by atoms with Crippen molar-refractivity contribution in [1.29, 1.82) is 0 Å². The first-order valence-electron chi connectivity index (χ1n) is 5.63. The van der Waals surface area contributed by atoms with Crippen LogP contribution in [0.15, 0.2) is 0 Å². The molecule has 0 radical (unpaired) electrons. The Hall–Kier alpha value is -1.30. The standard InChI is InChI=1S/C11H19NO5/c1-11(2,3)17-10(16)12-6-4-5-7(13)8(12)9(14)15/h7-8,13H,4-6H2,1-3H3,(H,14,15)/t7-,8-/m0/s1. The lowest BCUT2D eigenvalue weighted by atomic mass is 9.99. The topological polar surface area (TPSA) is 87.1 Å². The molecule has 0 spiro atoms. The van der Waals surface area contributed by atoms with Gasteiger partial charge in [0.2, 0.25) is 0 Å². The molecule has 2 atom stereocenters. The van der Waals surface area contributed by atoms with Gasteiger partial charge in [-0.1, -0.05) is 0 Å². The Morgan fingerprint density at radius 3 is 2.41 bits per heavy atom. The van der Waals surface area contributed by atoms with Crippen LogP contribution in [0.5, 0.6) is 0 Å². The van der Waals surface area contributed by atoms with E-state index < -0.39 is 29.8 Å². The molecule has 98 valence electrons. The Morgan fingerprint density at radius 2 is 1.94 bits per heavy atom. The molecule has 1 saturated heterocycles. The molecule has 1 aliphatic rings. The summed E-state index contributed by atoms with van der Waals surface area (Å²) in [5, 5.41) is 18.6. The number of carboxylic acid groups (broad SMARTS) is 1. The normalized spacial score (nSPS) is 25.5. The van der Waals surface area contributed by atoms with Crippen molar-refractivity contribution in [3.63, 3.8) is 0 Å². The first kappa shape index (κ1) is 13.8. The fraction of sp³-hybridized carbons (Fsp3) is 0.818. The van der Waals surface area contributed by atoms with Gasteiger partial charge in [0.15, 0.2) is 6.04 Å². The summed E-state index contributed by atoms with van der Waals surface area (Å²) in [6.07, 6.45) is -0.766. The summed E-state index contributed by atoms with van der Waals surface area (Å²) >= 11 is 0. The zero-order valence-corrected chi connectivity index (χ0v) is 10.3. The predicted molar refractivity (Wildman–Crippen MR) is 59.6 cm³/mol. The molecule has 1 aliphatic heterocycles. The maximum atomic E-state index is 11.8. The summed E-state index contributed by atoms with van der Waals surface area (Å²) in [7, 11) is 0. The molecule has 0 aliphatic carbocycles. The van der Waals surface area contributed by atoms with Crippen LogP contribution in [0, 0.1) is 0 Å². The number of likely N-dealkylation sites (tertiary alicyclic amines) is 1. The Morgan fingerprint density at radius 1 is 1.35 bits per heavy atom. The average molecular weight is 245 g/mol. The lowest BCUT2D eigenvalue weighted by Gasteiger charge is -2.37. The summed E-state index contributed by atoms with van der Waals surface area (Å²) in [5.41, 5.74) is -0.678. The molecule has 0 saturated carbocycles. The van der Waals surface area contributed by atoms with Gasteiger partial charge in [0.1, 0.15) is 5.60 Å². The van der Waals surface area contributed by atoms with Gasteiger partial charge >= 0.3 is 12.1 Å². The highest BCUT2D eigenvalue weighted by atomic mass is 16.6. The largest absolute Gasteiger partial charge is 0.480 e. The highest BCUT2D eigenvalue weighted by Gasteiger charge is 2.40. The molecule has 0 aromatic rings. The maximum Gasteiger partial charge on any atom is 0.411 e. The lowest BCUT2D eigenvalue weighted by molar-refractivity contribution is -0.149. The molecule has 6 heteroatoms. The number of nitrogens with zero attached hydrogens (tertiary/aromatic N) is 1. The van der Waals surface area contributed by atoms with Crippen LogP contribution >= 0.6 is 0 Å². The number of aliphatic hydroxyl groups is 1. The summed E-state index contributed by atoms with van der Waals surface area (Å²) in [6, 6.07) is -1.21. The number of piperidine rings is 1. The van der Waals surface area contributed by atoms with Crippen molar-refractivity contribution < 1.29 is 24.5 Å². The van der Waals surface area contributed by atoms with Crippen molar-refractivity contribution in [2.45, 2.75) is 51.4 Å². The van der Waals surface area contributed by atoms with Gasteiger partial charge in [-0.05, 0) is 33.6 Å². The molecule has 6 nitrogen and oxygen atoms in total. The van der Waals surface area contributed by atoms with Crippen LogP contribution in [0.2, 0.25) is 0 Å². The van der Waals surface area contributed by atoms with Crippen LogP contribution in [0.1, 0.15) is 33.6 Å². The van der Waals surface area contributed by atoms with Gasteiger partial charge in [-0.25, -0.2) is 9.59 Å². The van der Waals surface area contributed by atoms with Crippen LogP contribution < -0.4 is 0 Å². The number of carbonyl (C=O) groups excluding carboxylic acids is 1. The van der Waals surface area contributed by atoms with E-state index in [1.807, 2.05) is 0 Å². The number of rotatable bonds is 1. The average Bonchev–Trinajstić information content (AvgIpc) is 2.13. The van der Waals surface area contributed by atoms with Gasteiger partial charge in [-0.15, -0.1) is 0 Å². The number of carboxylic acids is 1. The van der Waals surface area contributed by atoms with E-state index in [1.165, 1.54) is 0 Å². The van der Waals surface area contributed by atoms with Crippen LogP contribution in [0.3, 0.4) is 0 Å². The first-order valence-corrected chi connectivity index (χ1v) is 5.63. The molecule has 1 fully saturated rings. The van der Waals surface area contributed by atoms with Crippen molar-refractivity contribution in [1.82, 2.24) is 4.90 Å². The van der Waals surface area contributed by atoms with Gasteiger partial charge in [0.05, 0.1) is 6.10 Å². The SMILES string of the molecule is CC(C)(C)OC(=O)N1CCC[C@H](O)[C@H]1C(=O)O. The fourth-order valence-corrected chi connectivity index (χ4v) is 1.80. The van der Waals surface area contributed by atoms with Crippen LogP contribution in [0.4, 0.5) is 4.79 Å². The summed E-state index contributed by atoms with van der Waals surface area (Å²) in [6.45, 7) is 5.42. The van der Waals surface area contributed by atoms with E-state index in [0.717, 1.165) is 4.90 Å². The third-order valence-electron chi connectivity index (χ3n) is 2.48. The molecule has 1 rings (SSSR count). The molecule has 0 aromatic carbocycles. The number of ether oxygens (including phenoxy) is 1. The molecule has 0 bridgehead atoms. The number of aliphatic hydroxyl groups excluding tert-OH is 1. The molecular weight excluding hydrogens is 226 g/mol.